The van der Waals surface area contributed by atoms with E-state index in [9.17, 15) is 0 Å². The minimum absolute atomic E-state index is 0.539. The molecular weight excluding hydrogens is 264 g/mol. The second-order valence-corrected chi connectivity index (χ2v) is 6.10. The topological polar surface area (TPSA) is 56.3 Å². The maximum Gasteiger partial charge on any atom is 0.226 e. The van der Waals surface area contributed by atoms with Gasteiger partial charge in [0.25, 0.3) is 0 Å². The van der Waals surface area contributed by atoms with E-state index in [0.717, 1.165) is 43.8 Å². The molecule has 2 aliphatic rings. The second kappa shape index (κ2) is 6.47. The van der Waals surface area contributed by atoms with E-state index in [-0.39, 0.29) is 0 Å². The fraction of sp³-hybridized carbons (Fsp3) is 0.733. The van der Waals surface area contributed by atoms with E-state index in [1.165, 1.54) is 25.7 Å². The molecule has 0 aromatic carbocycles. The smallest absolute Gasteiger partial charge is 0.226 e. The van der Waals surface area contributed by atoms with E-state index in [2.05, 4.69) is 32.5 Å². The lowest BCUT2D eigenvalue weighted by Crippen LogP contribution is -2.44. The van der Waals surface area contributed by atoms with Crippen LogP contribution in [0.5, 0.6) is 0 Å². The molecule has 21 heavy (non-hydrogen) atoms. The third-order valence-corrected chi connectivity index (χ3v) is 4.48. The lowest BCUT2D eigenvalue weighted by Gasteiger charge is -2.33. The predicted molar refractivity (Wildman–Crippen MR) is 87.2 cm³/mol. The number of rotatable bonds is 4. The van der Waals surface area contributed by atoms with E-state index >= 15 is 0 Å². The Morgan fingerprint density at radius 3 is 2.48 bits per heavy atom. The van der Waals surface area contributed by atoms with Crippen molar-refractivity contribution in [1.82, 2.24) is 14.9 Å². The van der Waals surface area contributed by atoms with Gasteiger partial charge in [-0.05, 0) is 19.9 Å². The summed E-state index contributed by atoms with van der Waals surface area (Å²) in [4.78, 5) is 14.0. The van der Waals surface area contributed by atoms with Gasteiger partial charge in [-0.1, -0.05) is 12.8 Å². The highest BCUT2D eigenvalue weighted by Crippen LogP contribution is 2.24. The lowest BCUT2D eigenvalue weighted by atomic mass is 10.2. The molecule has 6 nitrogen and oxygen atoms in total. The van der Waals surface area contributed by atoms with Crippen molar-refractivity contribution in [2.24, 2.45) is 0 Å². The number of hydrogen-bond donors (Lipinski definition) is 2. The minimum atomic E-state index is 0.539. The molecule has 1 aromatic heterocycles. The first kappa shape index (κ1) is 14.4. The summed E-state index contributed by atoms with van der Waals surface area (Å²) in [5.41, 5.74) is 0. The normalized spacial score (nSPS) is 20.8. The van der Waals surface area contributed by atoms with Crippen LogP contribution >= 0.6 is 0 Å². The van der Waals surface area contributed by atoms with E-state index in [0.29, 0.717) is 6.04 Å². The highest BCUT2D eigenvalue weighted by atomic mass is 15.3. The van der Waals surface area contributed by atoms with E-state index in [1.807, 2.05) is 13.1 Å². The maximum atomic E-state index is 4.74. The summed E-state index contributed by atoms with van der Waals surface area (Å²) in [6, 6.07) is 2.59. The van der Waals surface area contributed by atoms with Crippen LogP contribution < -0.4 is 15.5 Å². The number of nitrogens with one attached hydrogen (secondary N) is 2. The molecule has 2 N–H and O–H groups in total. The van der Waals surface area contributed by atoms with E-state index in [1.54, 1.807) is 0 Å². The van der Waals surface area contributed by atoms with Gasteiger partial charge in [0.2, 0.25) is 5.95 Å². The summed E-state index contributed by atoms with van der Waals surface area (Å²) in [5, 5.41) is 6.66. The molecule has 0 unspecified atom stereocenters. The summed E-state index contributed by atoms with van der Waals surface area (Å²) < 4.78 is 0. The Morgan fingerprint density at radius 2 is 1.81 bits per heavy atom. The van der Waals surface area contributed by atoms with Crippen LogP contribution in [-0.4, -0.2) is 61.2 Å². The van der Waals surface area contributed by atoms with Crippen molar-refractivity contribution in [2.75, 3.05) is 55.8 Å². The molecule has 1 aliphatic heterocycles. The van der Waals surface area contributed by atoms with Crippen LogP contribution in [0.3, 0.4) is 0 Å². The zero-order chi connectivity index (χ0) is 14.7. The number of aromatic nitrogens is 2. The number of piperazine rings is 1. The van der Waals surface area contributed by atoms with Crippen LogP contribution in [0.25, 0.3) is 0 Å². The van der Waals surface area contributed by atoms with Gasteiger partial charge in [0.15, 0.2) is 0 Å². The SMILES string of the molecule is CNc1cc(N2CCN(C)CC2)nc(NC2CCCC2)n1. The highest BCUT2D eigenvalue weighted by molar-refractivity contribution is 5.53. The highest BCUT2D eigenvalue weighted by Gasteiger charge is 2.19. The zero-order valence-corrected chi connectivity index (χ0v) is 13.1. The monoisotopic (exact) mass is 290 g/mol. The van der Waals surface area contributed by atoms with Gasteiger partial charge in [-0.2, -0.15) is 9.97 Å². The average Bonchev–Trinajstić information content (AvgIpc) is 3.00. The first-order chi connectivity index (χ1) is 10.2. The van der Waals surface area contributed by atoms with Gasteiger partial charge in [-0.15, -0.1) is 0 Å². The van der Waals surface area contributed by atoms with Crippen molar-refractivity contribution in [3.8, 4) is 0 Å². The summed E-state index contributed by atoms with van der Waals surface area (Å²) in [7, 11) is 4.08. The van der Waals surface area contributed by atoms with Crippen molar-refractivity contribution >= 4 is 17.6 Å². The molecule has 0 radical (unpaired) electrons. The molecule has 1 aromatic rings. The fourth-order valence-corrected chi connectivity index (χ4v) is 3.08. The second-order valence-electron chi connectivity index (χ2n) is 6.10. The van der Waals surface area contributed by atoms with Crippen LogP contribution in [0, 0.1) is 0 Å². The van der Waals surface area contributed by atoms with Crippen LogP contribution in [0.4, 0.5) is 17.6 Å². The third-order valence-electron chi connectivity index (χ3n) is 4.48. The quantitative estimate of drug-likeness (QED) is 0.879. The van der Waals surface area contributed by atoms with Gasteiger partial charge in [-0.3, -0.25) is 0 Å². The average molecular weight is 290 g/mol. The van der Waals surface area contributed by atoms with Gasteiger partial charge in [0.05, 0.1) is 0 Å². The minimum Gasteiger partial charge on any atom is -0.373 e. The van der Waals surface area contributed by atoms with Crippen molar-refractivity contribution in [1.29, 1.82) is 0 Å². The first-order valence-corrected chi connectivity index (χ1v) is 8.01. The standard InChI is InChI=1S/C15H26N6/c1-16-13-11-14(21-9-7-20(2)8-10-21)19-15(18-13)17-12-5-3-4-6-12/h11-12H,3-10H2,1-2H3,(H2,16,17,18,19). The Morgan fingerprint density at radius 1 is 1.10 bits per heavy atom. The number of hydrogen-bond acceptors (Lipinski definition) is 6. The molecule has 2 heterocycles. The van der Waals surface area contributed by atoms with E-state index < -0.39 is 0 Å². The molecule has 3 rings (SSSR count). The molecule has 6 heteroatoms. The molecule has 0 atom stereocenters. The zero-order valence-electron chi connectivity index (χ0n) is 13.1. The molecule has 116 valence electrons. The Labute approximate surface area is 126 Å². The van der Waals surface area contributed by atoms with Crippen molar-refractivity contribution in [3.63, 3.8) is 0 Å². The first-order valence-electron chi connectivity index (χ1n) is 8.01. The van der Waals surface area contributed by atoms with Crippen molar-refractivity contribution in [3.05, 3.63) is 6.07 Å². The number of likely N-dealkylation sites (N-methyl/N-ethyl adjacent to an activating group) is 1. The van der Waals surface area contributed by atoms with Crippen molar-refractivity contribution in [2.45, 2.75) is 31.7 Å². The predicted octanol–water partition coefficient (Wildman–Crippen LogP) is 1.62. The summed E-state index contributed by atoms with van der Waals surface area (Å²) in [5.74, 6) is 2.69. The summed E-state index contributed by atoms with van der Waals surface area (Å²) in [6.45, 7) is 4.23. The Hall–Kier alpha value is -1.56. The fourth-order valence-electron chi connectivity index (χ4n) is 3.08. The summed E-state index contributed by atoms with van der Waals surface area (Å²) in [6.07, 6.45) is 5.09. The third kappa shape index (κ3) is 3.56. The van der Waals surface area contributed by atoms with Crippen LogP contribution in [0.15, 0.2) is 6.07 Å². The van der Waals surface area contributed by atoms with E-state index in [4.69, 9.17) is 4.98 Å². The maximum absolute atomic E-state index is 4.74. The van der Waals surface area contributed by atoms with Crippen LogP contribution in [-0.2, 0) is 0 Å². The van der Waals surface area contributed by atoms with Gasteiger partial charge in [0.1, 0.15) is 11.6 Å². The van der Waals surface area contributed by atoms with Gasteiger partial charge in [-0.25, -0.2) is 0 Å². The number of nitrogens with zero attached hydrogens (tertiary/aromatic N) is 4. The van der Waals surface area contributed by atoms with Crippen LogP contribution in [0.1, 0.15) is 25.7 Å². The Kier molecular flexibility index (Phi) is 4.43. The molecule has 0 bridgehead atoms. The molecular formula is C15H26N6. The number of anilines is 3. The molecule has 2 fully saturated rings. The van der Waals surface area contributed by atoms with Gasteiger partial charge in [0, 0.05) is 45.3 Å². The van der Waals surface area contributed by atoms with Crippen LogP contribution in [0.2, 0.25) is 0 Å². The van der Waals surface area contributed by atoms with Crippen molar-refractivity contribution < 1.29 is 0 Å². The molecule has 1 aliphatic carbocycles. The Balaban J connectivity index is 1.75. The molecule has 0 amide bonds. The van der Waals surface area contributed by atoms with Gasteiger partial charge >= 0.3 is 0 Å². The lowest BCUT2D eigenvalue weighted by molar-refractivity contribution is 0.312. The molecule has 1 saturated carbocycles. The Bertz CT molecular complexity index is 463. The van der Waals surface area contributed by atoms with Gasteiger partial charge < -0.3 is 20.4 Å². The molecule has 1 saturated heterocycles. The summed E-state index contributed by atoms with van der Waals surface area (Å²) >= 11 is 0. The molecule has 0 spiro atoms. The largest absolute Gasteiger partial charge is 0.373 e.